The van der Waals surface area contributed by atoms with Crippen molar-refractivity contribution in [1.82, 2.24) is 0 Å². The molecule has 3 nitrogen and oxygen atoms in total. The molecule has 0 radical (unpaired) electrons. The van der Waals surface area contributed by atoms with E-state index in [1.54, 1.807) is 12.2 Å². The summed E-state index contributed by atoms with van der Waals surface area (Å²) in [7, 11) is 0. The van der Waals surface area contributed by atoms with Gasteiger partial charge in [0.15, 0.2) is 5.78 Å². The van der Waals surface area contributed by atoms with E-state index >= 15 is 0 Å². The van der Waals surface area contributed by atoms with Gasteiger partial charge < -0.3 is 5.32 Å². The number of benzene rings is 1. The van der Waals surface area contributed by atoms with Gasteiger partial charge in [0.1, 0.15) is 0 Å². The minimum Gasteiger partial charge on any atom is -0.326 e. The number of ketones is 1. The van der Waals surface area contributed by atoms with Crippen LogP contribution >= 0.6 is 0 Å². The van der Waals surface area contributed by atoms with Crippen LogP contribution < -0.4 is 15.8 Å². The van der Waals surface area contributed by atoms with E-state index < -0.39 is 0 Å². The first-order chi connectivity index (χ1) is 8.63. The lowest BCUT2D eigenvalue weighted by atomic mass is 10.0. The molecule has 0 atom stereocenters. The molecule has 0 saturated carbocycles. The van der Waals surface area contributed by atoms with Gasteiger partial charge in [-0.1, -0.05) is 6.07 Å². The molecule has 0 bridgehead atoms. The molecule has 1 aromatic rings. The second-order valence-electron chi connectivity index (χ2n) is 4.38. The molecule has 0 fully saturated rings. The SMILES string of the molecule is CC(=O)Nc1ccc2c(c1)=CC1=CC(=O)C=CC=21. The second kappa shape index (κ2) is 3.81. The molecule has 0 aliphatic heterocycles. The molecule has 0 unspecified atom stereocenters. The first-order valence-corrected chi connectivity index (χ1v) is 5.71. The average molecular weight is 237 g/mol. The third kappa shape index (κ3) is 1.70. The highest BCUT2D eigenvalue weighted by Crippen LogP contribution is 2.20. The Labute approximate surface area is 104 Å². The molecule has 2 aliphatic rings. The number of rotatable bonds is 1. The van der Waals surface area contributed by atoms with Crippen LogP contribution in [0.1, 0.15) is 6.92 Å². The smallest absolute Gasteiger partial charge is 0.221 e. The normalized spacial score (nSPS) is 15.7. The molecule has 88 valence electrons. The molecular formula is C15H11NO2. The van der Waals surface area contributed by atoms with Gasteiger partial charge in [-0.15, -0.1) is 0 Å². The van der Waals surface area contributed by atoms with Gasteiger partial charge in [-0.25, -0.2) is 0 Å². The zero-order chi connectivity index (χ0) is 12.7. The Balaban J connectivity index is 2.18. The van der Waals surface area contributed by atoms with E-state index in [1.165, 1.54) is 6.92 Å². The maximum Gasteiger partial charge on any atom is 0.221 e. The molecule has 2 aliphatic carbocycles. The van der Waals surface area contributed by atoms with Crippen LogP contribution in [0.3, 0.4) is 0 Å². The summed E-state index contributed by atoms with van der Waals surface area (Å²) in [5.74, 6) is -0.0767. The van der Waals surface area contributed by atoms with Crippen molar-refractivity contribution < 1.29 is 9.59 Å². The van der Waals surface area contributed by atoms with Crippen LogP contribution in [0.5, 0.6) is 0 Å². The van der Waals surface area contributed by atoms with Gasteiger partial charge in [-0.2, -0.15) is 0 Å². The van der Waals surface area contributed by atoms with Crippen molar-refractivity contribution in [1.29, 1.82) is 0 Å². The fourth-order valence-corrected chi connectivity index (χ4v) is 2.28. The molecule has 0 heterocycles. The molecule has 3 heteroatoms. The minimum absolute atomic E-state index is 0.0138. The van der Waals surface area contributed by atoms with Gasteiger partial charge in [0.25, 0.3) is 0 Å². The van der Waals surface area contributed by atoms with Gasteiger partial charge in [-0.3, -0.25) is 9.59 Å². The van der Waals surface area contributed by atoms with Crippen molar-refractivity contribution in [2.24, 2.45) is 0 Å². The van der Waals surface area contributed by atoms with Crippen molar-refractivity contribution in [3.05, 3.63) is 52.4 Å². The number of hydrogen-bond acceptors (Lipinski definition) is 2. The third-order valence-corrected chi connectivity index (χ3v) is 3.00. The lowest BCUT2D eigenvalue weighted by molar-refractivity contribution is -0.114. The highest BCUT2D eigenvalue weighted by Gasteiger charge is 2.13. The molecule has 0 aromatic heterocycles. The van der Waals surface area contributed by atoms with E-state index in [1.807, 2.05) is 30.4 Å². The van der Waals surface area contributed by atoms with Crippen LogP contribution in [0, 0.1) is 0 Å². The van der Waals surface area contributed by atoms with Crippen molar-refractivity contribution in [2.45, 2.75) is 6.92 Å². The maximum absolute atomic E-state index is 11.3. The summed E-state index contributed by atoms with van der Waals surface area (Å²) in [5, 5.41) is 4.88. The van der Waals surface area contributed by atoms with E-state index in [-0.39, 0.29) is 11.7 Å². The summed E-state index contributed by atoms with van der Waals surface area (Å²) in [5.41, 5.74) is 2.78. The fraction of sp³-hybridized carbons (Fsp3) is 0.0667. The Kier molecular flexibility index (Phi) is 2.27. The summed E-state index contributed by atoms with van der Waals surface area (Å²) < 4.78 is 0. The van der Waals surface area contributed by atoms with Crippen molar-refractivity contribution in [3.63, 3.8) is 0 Å². The lowest BCUT2D eigenvalue weighted by Crippen LogP contribution is -2.23. The fourth-order valence-electron chi connectivity index (χ4n) is 2.28. The van der Waals surface area contributed by atoms with Crippen LogP contribution in [0.15, 0.2) is 42.0 Å². The Hall–Kier alpha value is -2.42. The van der Waals surface area contributed by atoms with E-state index in [0.29, 0.717) is 0 Å². The average Bonchev–Trinajstić information content (AvgIpc) is 2.64. The molecule has 18 heavy (non-hydrogen) atoms. The Bertz CT molecular complexity index is 751. The Morgan fingerprint density at radius 3 is 2.78 bits per heavy atom. The first kappa shape index (κ1) is 10.7. The monoisotopic (exact) mass is 237 g/mol. The largest absolute Gasteiger partial charge is 0.326 e. The van der Waals surface area contributed by atoms with E-state index in [2.05, 4.69) is 5.32 Å². The summed E-state index contributed by atoms with van der Waals surface area (Å²) in [4.78, 5) is 22.3. The summed E-state index contributed by atoms with van der Waals surface area (Å²) in [6.07, 6.45) is 7.02. The van der Waals surface area contributed by atoms with Gasteiger partial charge in [-0.05, 0) is 58.0 Å². The van der Waals surface area contributed by atoms with Gasteiger partial charge in [0, 0.05) is 12.6 Å². The number of carbonyl (C=O) groups is 2. The van der Waals surface area contributed by atoms with Crippen LogP contribution in [-0.4, -0.2) is 11.7 Å². The van der Waals surface area contributed by atoms with Gasteiger partial charge in [0.05, 0.1) is 0 Å². The first-order valence-electron chi connectivity index (χ1n) is 5.71. The van der Waals surface area contributed by atoms with Gasteiger partial charge >= 0.3 is 0 Å². The van der Waals surface area contributed by atoms with Crippen LogP contribution in [0.4, 0.5) is 5.69 Å². The topological polar surface area (TPSA) is 46.2 Å². The molecule has 1 N–H and O–H groups in total. The predicted molar refractivity (Wildman–Crippen MR) is 70.1 cm³/mol. The maximum atomic E-state index is 11.3. The number of amides is 1. The van der Waals surface area contributed by atoms with Crippen molar-refractivity contribution in [2.75, 3.05) is 5.32 Å². The number of carbonyl (C=O) groups excluding carboxylic acids is 2. The molecule has 1 amide bonds. The van der Waals surface area contributed by atoms with Crippen molar-refractivity contribution in [3.8, 4) is 0 Å². The second-order valence-corrected chi connectivity index (χ2v) is 4.38. The van der Waals surface area contributed by atoms with Crippen LogP contribution in [0.2, 0.25) is 0 Å². The standard InChI is InChI=1S/C15H11NO2/c1-9(17)16-12-2-4-14-10(7-12)6-11-8-13(18)3-5-15(11)14/h2-8H,1H3,(H,16,17). The number of allylic oxidation sites excluding steroid dienone is 4. The minimum atomic E-state index is -0.0905. The van der Waals surface area contributed by atoms with Crippen molar-refractivity contribution >= 4 is 29.0 Å². The number of fused-ring (bicyclic) bond motifs is 2. The Morgan fingerprint density at radius 1 is 1.17 bits per heavy atom. The number of anilines is 1. The number of nitrogens with one attached hydrogen (secondary N) is 1. The van der Waals surface area contributed by atoms with Crippen LogP contribution in [0.25, 0.3) is 11.6 Å². The zero-order valence-corrected chi connectivity index (χ0v) is 9.86. The molecule has 0 saturated heterocycles. The molecular weight excluding hydrogens is 226 g/mol. The van der Waals surface area contributed by atoms with E-state index in [4.69, 9.17) is 0 Å². The highest BCUT2D eigenvalue weighted by molar-refractivity contribution is 6.09. The Morgan fingerprint density at radius 2 is 2.00 bits per heavy atom. The van der Waals surface area contributed by atoms with Crippen LogP contribution in [-0.2, 0) is 9.59 Å². The predicted octanol–water partition coefficient (Wildman–Crippen LogP) is 0.655. The summed E-state index contributed by atoms with van der Waals surface area (Å²) >= 11 is 0. The third-order valence-electron chi connectivity index (χ3n) is 3.00. The molecule has 1 aromatic carbocycles. The lowest BCUT2D eigenvalue weighted by Gasteiger charge is -2.03. The molecule has 3 rings (SSSR count). The van der Waals surface area contributed by atoms with E-state index in [0.717, 1.165) is 27.3 Å². The number of hydrogen-bond donors (Lipinski definition) is 1. The zero-order valence-electron chi connectivity index (χ0n) is 9.86. The highest BCUT2D eigenvalue weighted by atomic mass is 16.1. The van der Waals surface area contributed by atoms with E-state index in [9.17, 15) is 9.59 Å². The quantitative estimate of drug-likeness (QED) is 0.779. The summed E-state index contributed by atoms with van der Waals surface area (Å²) in [6, 6.07) is 5.75. The summed E-state index contributed by atoms with van der Waals surface area (Å²) in [6.45, 7) is 1.48. The molecule has 0 spiro atoms. The van der Waals surface area contributed by atoms with Gasteiger partial charge in [0.2, 0.25) is 5.91 Å².